The highest BCUT2D eigenvalue weighted by molar-refractivity contribution is 5.85. The number of imidazole rings is 1. The number of carbonyl (C=O) groups is 2. The van der Waals surface area contributed by atoms with Gasteiger partial charge < -0.3 is 10.1 Å². The minimum atomic E-state index is -0.504. The SMILES string of the molecule is CC(=O)C1CCCCN1C(=O)OC(C)(C)C.Cc1ccc2c(c1)ncn2-c1ccnc(N[C@@H](C)c2ccccc2)n1. The number of rotatable bonds is 5. The average molecular weight is 557 g/mol. The van der Waals surface area contributed by atoms with Crippen LogP contribution in [0.25, 0.3) is 16.9 Å². The summed E-state index contributed by atoms with van der Waals surface area (Å²) in [5.41, 5.74) is 3.88. The van der Waals surface area contributed by atoms with E-state index in [1.165, 1.54) is 18.1 Å². The van der Waals surface area contributed by atoms with Crippen LogP contribution in [-0.4, -0.2) is 54.5 Å². The Morgan fingerprint density at radius 3 is 2.51 bits per heavy atom. The van der Waals surface area contributed by atoms with Gasteiger partial charge in [-0.2, -0.15) is 4.98 Å². The number of nitrogens with zero attached hydrogens (tertiary/aromatic N) is 5. The Bertz CT molecular complexity index is 1480. The highest BCUT2D eigenvalue weighted by atomic mass is 16.6. The number of likely N-dealkylation sites (tertiary alicyclic amines) is 1. The fourth-order valence-corrected chi connectivity index (χ4v) is 4.77. The van der Waals surface area contributed by atoms with Crippen LogP contribution >= 0.6 is 0 Å². The summed E-state index contributed by atoms with van der Waals surface area (Å²) in [6, 6.07) is 18.2. The van der Waals surface area contributed by atoms with Crippen LogP contribution in [0, 0.1) is 6.92 Å². The number of hydrogen-bond acceptors (Lipinski definition) is 7. The number of ketones is 1. The normalized spacial score (nSPS) is 16.0. The summed E-state index contributed by atoms with van der Waals surface area (Å²) < 4.78 is 7.27. The third-order valence-electron chi connectivity index (χ3n) is 6.84. The van der Waals surface area contributed by atoms with Crippen molar-refractivity contribution in [3.05, 3.63) is 78.2 Å². The number of hydrogen-bond donors (Lipinski definition) is 1. The number of nitrogens with one attached hydrogen (secondary N) is 1. The number of aromatic nitrogens is 4. The molecule has 3 heterocycles. The largest absolute Gasteiger partial charge is 0.444 e. The Morgan fingerprint density at radius 2 is 1.80 bits per heavy atom. The zero-order chi connectivity index (χ0) is 29.6. The summed E-state index contributed by atoms with van der Waals surface area (Å²) in [4.78, 5) is 38.4. The van der Waals surface area contributed by atoms with E-state index < -0.39 is 5.60 Å². The fourth-order valence-electron chi connectivity index (χ4n) is 4.77. The van der Waals surface area contributed by atoms with Crippen molar-refractivity contribution in [2.75, 3.05) is 11.9 Å². The molecule has 0 spiro atoms. The van der Waals surface area contributed by atoms with E-state index in [-0.39, 0.29) is 24.0 Å². The first-order valence-corrected chi connectivity index (χ1v) is 14.1. The molecule has 1 saturated heterocycles. The van der Waals surface area contributed by atoms with Crippen LogP contribution < -0.4 is 5.32 Å². The molecule has 9 nitrogen and oxygen atoms in total. The maximum absolute atomic E-state index is 11.9. The van der Waals surface area contributed by atoms with Crippen LogP contribution in [0.1, 0.15) is 71.0 Å². The smallest absolute Gasteiger partial charge is 0.410 e. The summed E-state index contributed by atoms with van der Waals surface area (Å²) in [6.07, 6.45) is 5.91. The van der Waals surface area contributed by atoms with Crippen molar-refractivity contribution in [3.8, 4) is 5.82 Å². The van der Waals surface area contributed by atoms with Crippen LogP contribution in [-0.2, 0) is 9.53 Å². The van der Waals surface area contributed by atoms with E-state index in [2.05, 4.69) is 64.4 Å². The molecule has 1 amide bonds. The molecular weight excluding hydrogens is 516 g/mol. The summed E-state index contributed by atoms with van der Waals surface area (Å²) in [5.74, 6) is 1.44. The second-order valence-corrected chi connectivity index (χ2v) is 11.4. The maximum atomic E-state index is 11.9. The molecular formula is C32H40N6O3. The second-order valence-electron chi connectivity index (χ2n) is 11.4. The molecule has 1 unspecified atom stereocenters. The van der Waals surface area contributed by atoms with Crippen molar-refractivity contribution < 1.29 is 14.3 Å². The monoisotopic (exact) mass is 556 g/mol. The van der Waals surface area contributed by atoms with Gasteiger partial charge in [-0.3, -0.25) is 14.3 Å². The molecule has 0 radical (unpaired) electrons. The van der Waals surface area contributed by atoms with E-state index in [0.717, 1.165) is 36.1 Å². The molecule has 5 rings (SSSR count). The molecule has 1 N–H and O–H groups in total. The van der Waals surface area contributed by atoms with Crippen molar-refractivity contribution in [2.24, 2.45) is 0 Å². The van der Waals surface area contributed by atoms with Crippen LogP contribution in [0.15, 0.2) is 67.1 Å². The molecule has 1 aliphatic rings. The molecule has 0 saturated carbocycles. The van der Waals surface area contributed by atoms with Crippen molar-refractivity contribution in [2.45, 2.75) is 78.5 Å². The van der Waals surface area contributed by atoms with Crippen molar-refractivity contribution in [3.63, 3.8) is 0 Å². The first kappa shape index (κ1) is 29.7. The first-order chi connectivity index (χ1) is 19.5. The van der Waals surface area contributed by atoms with Gasteiger partial charge >= 0.3 is 6.09 Å². The third kappa shape index (κ3) is 7.90. The van der Waals surface area contributed by atoms with E-state index in [1.54, 1.807) is 17.4 Å². The quantitative estimate of drug-likeness (QED) is 0.293. The number of Topliss-reactive ketones (excluding diaryl/α,β-unsaturated/α-hetero) is 1. The Labute approximate surface area is 242 Å². The number of anilines is 1. The zero-order valence-corrected chi connectivity index (χ0v) is 24.8. The molecule has 2 aromatic heterocycles. The number of aryl methyl sites for hydroxylation is 1. The number of piperidine rings is 1. The van der Waals surface area contributed by atoms with Crippen molar-refractivity contribution >= 4 is 28.9 Å². The lowest BCUT2D eigenvalue weighted by Gasteiger charge is -2.35. The first-order valence-electron chi connectivity index (χ1n) is 14.1. The molecule has 2 atom stereocenters. The van der Waals surface area contributed by atoms with Gasteiger partial charge in [0.25, 0.3) is 0 Å². The lowest BCUT2D eigenvalue weighted by atomic mass is 10.00. The van der Waals surface area contributed by atoms with Gasteiger partial charge in [-0.15, -0.1) is 0 Å². The Balaban J connectivity index is 0.000000210. The van der Waals surface area contributed by atoms with Gasteiger partial charge in [0, 0.05) is 12.7 Å². The number of carbonyl (C=O) groups excluding carboxylic acids is 2. The zero-order valence-electron chi connectivity index (χ0n) is 24.8. The third-order valence-corrected chi connectivity index (χ3v) is 6.84. The fraction of sp³-hybridized carbons (Fsp3) is 0.406. The molecule has 1 fully saturated rings. The molecule has 4 aromatic rings. The van der Waals surface area contributed by atoms with Gasteiger partial charge in [0.1, 0.15) is 17.7 Å². The second kappa shape index (κ2) is 12.9. The van der Waals surface area contributed by atoms with Crippen LogP contribution in [0.4, 0.5) is 10.7 Å². The molecule has 2 aromatic carbocycles. The van der Waals surface area contributed by atoms with Gasteiger partial charge in [0.15, 0.2) is 5.78 Å². The van der Waals surface area contributed by atoms with Crippen LogP contribution in [0.5, 0.6) is 0 Å². The van der Waals surface area contributed by atoms with Crippen molar-refractivity contribution in [1.29, 1.82) is 0 Å². The molecule has 1 aliphatic heterocycles. The molecule has 0 aliphatic carbocycles. The highest BCUT2D eigenvalue weighted by Gasteiger charge is 2.32. The summed E-state index contributed by atoms with van der Waals surface area (Å²) in [5, 5.41) is 3.36. The van der Waals surface area contributed by atoms with Crippen LogP contribution in [0.2, 0.25) is 0 Å². The van der Waals surface area contributed by atoms with E-state index in [1.807, 2.05) is 49.6 Å². The Hall–Kier alpha value is -4.27. The van der Waals surface area contributed by atoms with Gasteiger partial charge in [0.05, 0.1) is 23.1 Å². The Kier molecular flexibility index (Phi) is 9.37. The van der Waals surface area contributed by atoms with E-state index >= 15 is 0 Å². The number of ether oxygens (including phenoxy) is 1. The molecule has 9 heteroatoms. The van der Waals surface area contributed by atoms with Crippen molar-refractivity contribution in [1.82, 2.24) is 24.4 Å². The number of amides is 1. The lowest BCUT2D eigenvalue weighted by Crippen LogP contribution is -2.49. The lowest BCUT2D eigenvalue weighted by molar-refractivity contribution is -0.123. The Morgan fingerprint density at radius 1 is 1.05 bits per heavy atom. The molecule has 216 valence electrons. The van der Waals surface area contributed by atoms with E-state index in [0.29, 0.717) is 12.5 Å². The van der Waals surface area contributed by atoms with Gasteiger partial charge in [-0.05, 0) is 90.1 Å². The van der Waals surface area contributed by atoms with Crippen LogP contribution in [0.3, 0.4) is 0 Å². The average Bonchev–Trinajstić information content (AvgIpc) is 3.36. The number of benzene rings is 2. The molecule has 0 bridgehead atoms. The number of fused-ring (bicyclic) bond motifs is 1. The predicted molar refractivity (Wildman–Crippen MR) is 161 cm³/mol. The highest BCUT2D eigenvalue weighted by Crippen LogP contribution is 2.22. The topological polar surface area (TPSA) is 102 Å². The predicted octanol–water partition coefficient (Wildman–Crippen LogP) is 6.66. The minimum absolute atomic E-state index is 0.0468. The van der Waals surface area contributed by atoms with Gasteiger partial charge in [-0.25, -0.2) is 14.8 Å². The minimum Gasteiger partial charge on any atom is -0.444 e. The standard InChI is InChI=1S/C20H19N5.C12H21NO3/c1-14-8-9-18-17(12-14)22-13-25(18)19-10-11-21-20(24-19)23-15(2)16-6-4-3-5-7-16;1-9(14)10-7-5-6-8-13(10)11(15)16-12(2,3)4/h3-13,15H,1-2H3,(H,21,23,24);10H,5-8H2,1-4H3/t15-;/m0./s1. The maximum Gasteiger partial charge on any atom is 0.410 e. The molecule has 41 heavy (non-hydrogen) atoms. The van der Waals surface area contributed by atoms with Gasteiger partial charge in [-0.1, -0.05) is 36.4 Å². The van der Waals surface area contributed by atoms with E-state index in [4.69, 9.17) is 4.74 Å². The summed E-state index contributed by atoms with van der Waals surface area (Å²) in [7, 11) is 0. The summed E-state index contributed by atoms with van der Waals surface area (Å²) >= 11 is 0. The summed E-state index contributed by atoms with van der Waals surface area (Å²) in [6.45, 7) is 11.8. The van der Waals surface area contributed by atoms with Gasteiger partial charge in [0.2, 0.25) is 5.95 Å². The van der Waals surface area contributed by atoms with E-state index in [9.17, 15) is 9.59 Å².